The first-order valence-electron chi connectivity index (χ1n) is 10.7. The number of pyridine rings is 1. The van der Waals surface area contributed by atoms with Crippen LogP contribution in [0.4, 0.5) is 17.3 Å². The van der Waals surface area contributed by atoms with E-state index in [9.17, 15) is 9.59 Å². The number of esters is 1. The molecule has 0 spiro atoms. The molecule has 0 bridgehead atoms. The number of carbonyl (C=O) groups excluding carboxylic acids is 2. The first kappa shape index (κ1) is 23.5. The lowest BCUT2D eigenvalue weighted by atomic mass is 10.1. The minimum Gasteiger partial charge on any atom is -0.460 e. The fourth-order valence-electron chi connectivity index (χ4n) is 3.59. The zero-order chi connectivity index (χ0) is 23.3. The highest BCUT2D eigenvalue weighted by Gasteiger charge is 2.26. The summed E-state index contributed by atoms with van der Waals surface area (Å²) in [5, 5.41) is 9.43. The normalized spacial score (nSPS) is 13.8. The molecule has 0 aliphatic carbocycles. The molecule has 3 rings (SSSR count). The summed E-state index contributed by atoms with van der Waals surface area (Å²) in [5.74, 6) is 0.635. The van der Waals surface area contributed by atoms with Crippen molar-refractivity contribution in [3.8, 4) is 0 Å². The maximum Gasteiger partial charge on any atom is 0.306 e. The average molecular weight is 441 g/mol. The third-order valence-electron chi connectivity index (χ3n) is 4.90. The van der Waals surface area contributed by atoms with Gasteiger partial charge in [-0.1, -0.05) is 12.1 Å². The van der Waals surface area contributed by atoms with Gasteiger partial charge in [-0.15, -0.1) is 0 Å². The van der Waals surface area contributed by atoms with Crippen molar-refractivity contribution in [3.63, 3.8) is 0 Å². The Hall–Kier alpha value is -3.13. The van der Waals surface area contributed by atoms with Gasteiger partial charge in [-0.25, -0.2) is 4.98 Å². The van der Waals surface area contributed by atoms with E-state index < -0.39 is 5.60 Å². The minimum absolute atomic E-state index is 0.0853. The van der Waals surface area contributed by atoms with E-state index in [1.165, 1.54) is 0 Å². The van der Waals surface area contributed by atoms with E-state index in [1.54, 1.807) is 7.11 Å². The fraction of sp³-hybridized carbons (Fsp3) is 0.458. The van der Waals surface area contributed by atoms with E-state index in [0.717, 1.165) is 16.8 Å². The molecule has 0 unspecified atom stereocenters. The summed E-state index contributed by atoms with van der Waals surface area (Å²) in [4.78, 5) is 29.3. The fourth-order valence-corrected chi connectivity index (χ4v) is 3.59. The van der Waals surface area contributed by atoms with E-state index in [4.69, 9.17) is 9.47 Å². The maximum atomic E-state index is 12.4. The summed E-state index contributed by atoms with van der Waals surface area (Å²) in [6.45, 7) is 8.89. The summed E-state index contributed by atoms with van der Waals surface area (Å²) in [6, 6.07) is 9.76. The number of aryl methyl sites for hydroxylation is 1. The van der Waals surface area contributed by atoms with E-state index in [2.05, 4.69) is 20.9 Å². The molecule has 8 heteroatoms. The van der Waals surface area contributed by atoms with Crippen molar-refractivity contribution in [3.05, 3.63) is 47.0 Å². The van der Waals surface area contributed by atoms with Crippen molar-refractivity contribution in [1.29, 1.82) is 0 Å². The molecule has 2 heterocycles. The molecule has 1 aliphatic heterocycles. The first-order chi connectivity index (χ1) is 15.1. The number of fused-ring (bicyclic) bond motifs is 1. The predicted molar refractivity (Wildman–Crippen MR) is 124 cm³/mol. The Morgan fingerprint density at radius 3 is 2.75 bits per heavy atom. The van der Waals surface area contributed by atoms with Crippen molar-refractivity contribution in [2.45, 2.75) is 46.3 Å². The Bertz CT molecular complexity index is 984. The molecule has 1 aromatic heterocycles. The number of methoxy groups -OCH3 is 1. The predicted octanol–water partition coefficient (Wildman–Crippen LogP) is 3.78. The van der Waals surface area contributed by atoms with Crippen LogP contribution < -0.4 is 16.0 Å². The lowest BCUT2D eigenvalue weighted by Gasteiger charge is -2.22. The van der Waals surface area contributed by atoms with Gasteiger partial charge in [0, 0.05) is 31.8 Å². The summed E-state index contributed by atoms with van der Waals surface area (Å²) < 4.78 is 10.7. The number of nitrogens with one attached hydrogen (secondary N) is 3. The maximum absolute atomic E-state index is 12.4. The molecule has 0 fully saturated rings. The summed E-state index contributed by atoms with van der Waals surface area (Å²) in [5.41, 5.74) is 2.87. The van der Waals surface area contributed by atoms with E-state index in [1.807, 2.05) is 58.0 Å². The lowest BCUT2D eigenvalue weighted by molar-refractivity contribution is -0.156. The lowest BCUT2D eigenvalue weighted by Crippen LogP contribution is -2.28. The molecule has 1 aromatic carbocycles. The van der Waals surface area contributed by atoms with E-state index >= 15 is 0 Å². The zero-order valence-electron chi connectivity index (χ0n) is 19.4. The van der Waals surface area contributed by atoms with E-state index in [-0.39, 0.29) is 24.2 Å². The van der Waals surface area contributed by atoms with Gasteiger partial charge in [0.2, 0.25) is 0 Å². The molecule has 2 aromatic rings. The van der Waals surface area contributed by atoms with Gasteiger partial charge in [0.25, 0.3) is 5.91 Å². The molecule has 1 aliphatic rings. The highest BCUT2D eigenvalue weighted by Crippen LogP contribution is 2.28. The van der Waals surface area contributed by atoms with Crippen molar-refractivity contribution in [2.75, 3.05) is 30.9 Å². The number of anilines is 3. The second kappa shape index (κ2) is 9.99. The summed E-state index contributed by atoms with van der Waals surface area (Å²) in [6.07, 6.45) is 0.234. The van der Waals surface area contributed by atoms with Crippen LogP contribution in [0.25, 0.3) is 0 Å². The highest BCUT2D eigenvalue weighted by atomic mass is 16.6. The van der Waals surface area contributed by atoms with Crippen LogP contribution in [-0.4, -0.2) is 42.7 Å². The van der Waals surface area contributed by atoms with Crippen molar-refractivity contribution in [2.24, 2.45) is 5.92 Å². The molecule has 0 radical (unpaired) electrons. The molecular weight excluding hydrogens is 408 g/mol. The van der Waals surface area contributed by atoms with Crippen molar-refractivity contribution >= 4 is 29.2 Å². The second-order valence-corrected chi connectivity index (χ2v) is 9.06. The summed E-state index contributed by atoms with van der Waals surface area (Å²) >= 11 is 0. The Balaban J connectivity index is 1.75. The van der Waals surface area contributed by atoms with Gasteiger partial charge >= 0.3 is 5.97 Å². The summed E-state index contributed by atoms with van der Waals surface area (Å²) in [7, 11) is 1.61. The molecule has 32 heavy (non-hydrogen) atoms. The number of ether oxygens (including phenoxy) is 2. The third-order valence-corrected chi connectivity index (χ3v) is 4.90. The third kappa shape index (κ3) is 6.43. The van der Waals surface area contributed by atoms with Crippen molar-refractivity contribution in [1.82, 2.24) is 10.3 Å². The smallest absolute Gasteiger partial charge is 0.306 e. The molecule has 3 N–H and O–H groups in total. The topological polar surface area (TPSA) is 102 Å². The standard InChI is InChI=1S/C24H32N4O4/c1-15-7-6-8-18(9-15)27-22-21-17(13-26-23(21)30)11-19(28-22)25-12-16(14-31-5)10-20(29)32-24(2,3)4/h6-9,11,16H,10,12-14H2,1-5H3,(H,26,30)(H2,25,27,28)/t16-/m1/s1. The molecule has 0 saturated carbocycles. The van der Waals surface area contributed by atoms with Gasteiger partial charge in [0.15, 0.2) is 0 Å². The van der Waals surface area contributed by atoms with E-state index in [0.29, 0.717) is 36.9 Å². The van der Waals surface area contributed by atoms with Gasteiger partial charge in [-0.3, -0.25) is 9.59 Å². The molecular formula is C24H32N4O4. The molecule has 0 saturated heterocycles. The van der Waals surface area contributed by atoms with Crippen LogP contribution >= 0.6 is 0 Å². The van der Waals surface area contributed by atoms with Crippen LogP contribution in [0, 0.1) is 12.8 Å². The van der Waals surface area contributed by atoms with Gasteiger partial charge in [0.1, 0.15) is 17.2 Å². The Morgan fingerprint density at radius 2 is 2.06 bits per heavy atom. The van der Waals surface area contributed by atoms with Gasteiger partial charge in [0.05, 0.1) is 18.6 Å². The second-order valence-electron chi connectivity index (χ2n) is 9.06. The number of benzene rings is 1. The largest absolute Gasteiger partial charge is 0.460 e. The minimum atomic E-state index is -0.528. The monoisotopic (exact) mass is 440 g/mol. The molecule has 8 nitrogen and oxygen atoms in total. The number of amides is 1. The first-order valence-corrected chi connectivity index (χ1v) is 10.7. The number of nitrogens with zero attached hydrogens (tertiary/aromatic N) is 1. The van der Waals surface area contributed by atoms with Crippen LogP contribution in [-0.2, 0) is 20.8 Å². The Morgan fingerprint density at radius 1 is 1.28 bits per heavy atom. The van der Waals surface area contributed by atoms with Crippen LogP contribution in [0.15, 0.2) is 30.3 Å². The number of hydrogen-bond donors (Lipinski definition) is 3. The number of aromatic nitrogens is 1. The number of hydrogen-bond acceptors (Lipinski definition) is 7. The van der Waals surface area contributed by atoms with Gasteiger partial charge in [-0.05, 0) is 57.0 Å². The molecule has 1 amide bonds. The molecule has 1 atom stereocenters. The van der Waals surface area contributed by atoms with Crippen LogP contribution in [0.5, 0.6) is 0 Å². The van der Waals surface area contributed by atoms with Crippen molar-refractivity contribution < 1.29 is 19.1 Å². The number of rotatable bonds is 9. The molecule has 172 valence electrons. The van der Waals surface area contributed by atoms with Crippen LogP contribution in [0.3, 0.4) is 0 Å². The van der Waals surface area contributed by atoms with Crippen LogP contribution in [0.2, 0.25) is 0 Å². The number of carbonyl (C=O) groups is 2. The highest BCUT2D eigenvalue weighted by molar-refractivity contribution is 6.03. The SMILES string of the molecule is COC[C@@H](CNc1cc2c(c(Nc3cccc(C)c3)n1)C(=O)NC2)CC(=O)OC(C)(C)C. The zero-order valence-corrected chi connectivity index (χ0v) is 19.4. The Kier molecular flexibility index (Phi) is 7.35. The van der Waals surface area contributed by atoms with Crippen LogP contribution in [0.1, 0.15) is 48.7 Å². The Labute approximate surface area is 189 Å². The van der Waals surface area contributed by atoms with Gasteiger partial charge < -0.3 is 25.4 Å². The van der Waals surface area contributed by atoms with Gasteiger partial charge in [-0.2, -0.15) is 0 Å². The quantitative estimate of drug-likeness (QED) is 0.510. The average Bonchev–Trinajstić information content (AvgIpc) is 3.06.